The molecular formula is C25H26ClN7. The lowest BCUT2D eigenvalue weighted by Crippen LogP contribution is -2.36. The van der Waals surface area contributed by atoms with E-state index >= 15 is 0 Å². The third-order valence-electron chi connectivity index (χ3n) is 6.54. The number of aromatic nitrogens is 6. The third kappa shape index (κ3) is 3.61. The highest BCUT2D eigenvalue weighted by Crippen LogP contribution is 2.30. The molecule has 0 spiro atoms. The van der Waals surface area contributed by atoms with Gasteiger partial charge in [0.2, 0.25) is 0 Å². The molecule has 0 aliphatic carbocycles. The van der Waals surface area contributed by atoms with Gasteiger partial charge in [0.05, 0.1) is 16.7 Å². The van der Waals surface area contributed by atoms with Crippen LogP contribution in [0.4, 0.5) is 0 Å². The van der Waals surface area contributed by atoms with Crippen LogP contribution in [0.5, 0.6) is 0 Å². The average molecular weight is 460 g/mol. The fraction of sp³-hybridized carbons (Fsp3) is 0.320. The van der Waals surface area contributed by atoms with E-state index in [0.29, 0.717) is 6.54 Å². The first-order valence-electron chi connectivity index (χ1n) is 11.5. The molecule has 0 radical (unpaired) electrons. The van der Waals surface area contributed by atoms with Crippen molar-refractivity contribution in [3.63, 3.8) is 0 Å². The zero-order valence-electron chi connectivity index (χ0n) is 18.9. The van der Waals surface area contributed by atoms with Gasteiger partial charge in [-0.1, -0.05) is 17.7 Å². The van der Waals surface area contributed by atoms with E-state index in [-0.39, 0.29) is 0 Å². The van der Waals surface area contributed by atoms with Gasteiger partial charge in [0, 0.05) is 30.9 Å². The summed E-state index contributed by atoms with van der Waals surface area (Å²) in [6.07, 6.45) is 3.31. The molecule has 8 heteroatoms. The monoisotopic (exact) mass is 459 g/mol. The van der Waals surface area contributed by atoms with Gasteiger partial charge in [-0.2, -0.15) is 5.10 Å². The zero-order chi connectivity index (χ0) is 22.5. The maximum atomic E-state index is 6.55. The number of rotatable bonds is 6. The number of benzene rings is 1. The molecule has 33 heavy (non-hydrogen) atoms. The zero-order valence-corrected chi connectivity index (χ0v) is 19.6. The minimum atomic E-state index is 0.706. The van der Waals surface area contributed by atoms with Gasteiger partial charge in [0.15, 0.2) is 5.65 Å². The number of hydrogen-bond acceptors (Lipinski definition) is 4. The number of aryl methyl sites for hydroxylation is 2. The Morgan fingerprint density at radius 2 is 1.76 bits per heavy atom. The molecular weight excluding hydrogens is 434 g/mol. The summed E-state index contributed by atoms with van der Waals surface area (Å²) in [6, 6.07) is 14.9. The van der Waals surface area contributed by atoms with E-state index in [4.69, 9.17) is 16.7 Å². The number of halogens is 1. The highest BCUT2D eigenvalue weighted by Gasteiger charge is 2.18. The van der Waals surface area contributed by atoms with Crippen LogP contribution >= 0.6 is 11.6 Å². The van der Waals surface area contributed by atoms with Crippen molar-refractivity contribution >= 4 is 28.3 Å². The fourth-order valence-electron chi connectivity index (χ4n) is 4.78. The third-order valence-corrected chi connectivity index (χ3v) is 6.76. The van der Waals surface area contributed by atoms with Crippen LogP contribution in [0.25, 0.3) is 28.1 Å². The first kappa shape index (κ1) is 20.4. The summed E-state index contributed by atoms with van der Waals surface area (Å²) in [5, 5.41) is 14.2. The number of nitrogens with zero attached hydrogens (tertiary/aromatic N) is 7. The second-order valence-electron chi connectivity index (χ2n) is 8.81. The lowest BCUT2D eigenvalue weighted by atomic mass is 10.1. The molecule has 1 saturated heterocycles. The maximum Gasteiger partial charge on any atom is 0.161 e. The fourth-order valence-corrected chi connectivity index (χ4v) is 5.06. The van der Waals surface area contributed by atoms with E-state index in [9.17, 15) is 0 Å². The van der Waals surface area contributed by atoms with Gasteiger partial charge in [-0.25, -0.2) is 0 Å². The molecule has 0 bridgehead atoms. The first-order chi connectivity index (χ1) is 16.1. The largest absolute Gasteiger partial charge is 0.333 e. The SMILES string of the molecule is CCn1ccc(-c2cc3c(ccc4nnc(C)n43)n2Cc2cc(Cl)cc(CN3CCC3)c2)n1. The highest BCUT2D eigenvalue weighted by molar-refractivity contribution is 6.30. The Morgan fingerprint density at radius 1 is 0.939 bits per heavy atom. The molecule has 5 heterocycles. The summed E-state index contributed by atoms with van der Waals surface area (Å²) in [5.41, 5.74) is 7.53. The van der Waals surface area contributed by atoms with Crippen molar-refractivity contribution in [2.75, 3.05) is 13.1 Å². The molecule has 0 saturated carbocycles. The summed E-state index contributed by atoms with van der Waals surface area (Å²) in [6.45, 7) is 8.92. The molecule has 1 aliphatic rings. The molecule has 168 valence electrons. The molecule has 0 unspecified atom stereocenters. The van der Waals surface area contributed by atoms with E-state index in [1.54, 1.807) is 0 Å². The van der Waals surface area contributed by atoms with Crippen molar-refractivity contribution in [2.24, 2.45) is 0 Å². The smallest absolute Gasteiger partial charge is 0.161 e. The van der Waals surface area contributed by atoms with Crippen molar-refractivity contribution in [2.45, 2.75) is 39.9 Å². The van der Waals surface area contributed by atoms with Crippen LogP contribution in [0.1, 0.15) is 30.3 Å². The molecule has 0 atom stereocenters. The van der Waals surface area contributed by atoms with Gasteiger partial charge in [-0.15, -0.1) is 10.2 Å². The van der Waals surface area contributed by atoms with Gasteiger partial charge < -0.3 is 4.57 Å². The number of likely N-dealkylation sites (tertiary alicyclic amines) is 1. The van der Waals surface area contributed by atoms with E-state index in [1.165, 1.54) is 30.6 Å². The van der Waals surface area contributed by atoms with Gasteiger partial charge in [-0.05, 0) is 80.9 Å². The van der Waals surface area contributed by atoms with Crippen molar-refractivity contribution < 1.29 is 0 Å². The first-order valence-corrected chi connectivity index (χ1v) is 11.9. The van der Waals surface area contributed by atoms with Crippen LogP contribution in [0.15, 0.2) is 48.7 Å². The summed E-state index contributed by atoms with van der Waals surface area (Å²) in [4.78, 5) is 2.45. The van der Waals surface area contributed by atoms with E-state index in [1.807, 2.05) is 23.9 Å². The molecule has 4 aromatic heterocycles. The average Bonchev–Trinajstić information content (AvgIpc) is 3.48. The molecule has 7 nitrogen and oxygen atoms in total. The maximum absolute atomic E-state index is 6.55. The van der Waals surface area contributed by atoms with Crippen molar-refractivity contribution in [3.8, 4) is 11.4 Å². The summed E-state index contributed by atoms with van der Waals surface area (Å²) in [5.74, 6) is 0.873. The number of fused-ring (bicyclic) bond motifs is 3. The quantitative estimate of drug-likeness (QED) is 0.366. The van der Waals surface area contributed by atoms with Crippen molar-refractivity contribution in [1.29, 1.82) is 0 Å². The van der Waals surface area contributed by atoms with Gasteiger partial charge in [0.25, 0.3) is 0 Å². The molecule has 1 fully saturated rings. The lowest BCUT2D eigenvalue weighted by Gasteiger charge is -2.30. The van der Waals surface area contributed by atoms with Gasteiger partial charge in [0.1, 0.15) is 11.5 Å². The van der Waals surface area contributed by atoms with Crippen LogP contribution in [0.3, 0.4) is 0 Å². The van der Waals surface area contributed by atoms with Gasteiger partial charge >= 0.3 is 0 Å². The lowest BCUT2D eigenvalue weighted by molar-refractivity contribution is 0.172. The minimum Gasteiger partial charge on any atom is -0.333 e. The van der Waals surface area contributed by atoms with Crippen LogP contribution in [-0.4, -0.2) is 46.9 Å². The Kier molecular flexibility index (Phi) is 4.96. The van der Waals surface area contributed by atoms with Crippen molar-refractivity contribution in [3.05, 3.63) is 70.6 Å². The Bertz CT molecular complexity index is 1470. The van der Waals surface area contributed by atoms with Crippen LogP contribution < -0.4 is 0 Å². The van der Waals surface area contributed by atoms with Gasteiger partial charge in [-0.3, -0.25) is 14.0 Å². The van der Waals surface area contributed by atoms with Crippen LogP contribution in [0.2, 0.25) is 5.02 Å². The predicted molar refractivity (Wildman–Crippen MR) is 131 cm³/mol. The predicted octanol–water partition coefficient (Wildman–Crippen LogP) is 4.78. The Labute approximate surface area is 197 Å². The molecule has 1 aromatic carbocycles. The van der Waals surface area contributed by atoms with Crippen LogP contribution in [0, 0.1) is 6.92 Å². The minimum absolute atomic E-state index is 0.706. The Balaban J connectivity index is 1.50. The summed E-state index contributed by atoms with van der Waals surface area (Å²) >= 11 is 6.55. The topological polar surface area (TPSA) is 56.2 Å². The highest BCUT2D eigenvalue weighted by atomic mass is 35.5. The Hall–Kier alpha value is -3.16. The van der Waals surface area contributed by atoms with E-state index in [0.717, 1.165) is 52.0 Å². The Morgan fingerprint density at radius 3 is 2.48 bits per heavy atom. The molecule has 6 rings (SSSR count). The van der Waals surface area contributed by atoms with E-state index in [2.05, 4.69) is 67.4 Å². The molecule has 0 N–H and O–H groups in total. The van der Waals surface area contributed by atoms with Crippen LogP contribution in [-0.2, 0) is 19.6 Å². The number of pyridine rings is 1. The standard InChI is InChI=1S/C25H26ClN7/c1-3-31-10-7-21(29-31)23-14-24-22(5-6-25-28-27-17(2)33(24)25)32(23)16-19-11-18(12-20(26)13-19)15-30-8-4-9-30/h5-7,10-14H,3-4,8-9,15-16H2,1-2H3. The van der Waals surface area contributed by atoms with Crippen molar-refractivity contribution in [1.82, 2.24) is 33.8 Å². The van der Waals surface area contributed by atoms with E-state index < -0.39 is 0 Å². The molecule has 0 amide bonds. The summed E-state index contributed by atoms with van der Waals surface area (Å²) < 4.78 is 6.40. The molecule has 1 aliphatic heterocycles. The molecule has 5 aromatic rings. The second-order valence-corrected chi connectivity index (χ2v) is 9.25. The second kappa shape index (κ2) is 8.01. The summed E-state index contributed by atoms with van der Waals surface area (Å²) in [7, 11) is 0. The number of hydrogen-bond donors (Lipinski definition) is 0. The normalized spacial score (nSPS) is 14.4.